The van der Waals surface area contributed by atoms with Gasteiger partial charge in [0.25, 0.3) is 5.91 Å². The second-order valence-corrected chi connectivity index (χ2v) is 7.21. The number of aromatic amines is 1. The summed E-state index contributed by atoms with van der Waals surface area (Å²) >= 11 is 0. The maximum atomic E-state index is 13.5. The number of pyridine rings is 1. The van der Waals surface area contributed by atoms with Crippen LogP contribution in [0.2, 0.25) is 0 Å². The molecular formula is C22H21N5O2. The van der Waals surface area contributed by atoms with Crippen LogP contribution in [0.1, 0.15) is 22.0 Å². The Morgan fingerprint density at radius 2 is 2.07 bits per heavy atom. The number of nitrogens with zero attached hydrogens (tertiary/aromatic N) is 4. The lowest BCUT2D eigenvalue weighted by Gasteiger charge is -2.36. The van der Waals surface area contributed by atoms with Crippen molar-refractivity contribution in [2.75, 3.05) is 19.8 Å². The first-order chi connectivity index (χ1) is 14.2. The van der Waals surface area contributed by atoms with Gasteiger partial charge in [-0.3, -0.25) is 9.89 Å². The van der Waals surface area contributed by atoms with E-state index in [0.717, 1.165) is 27.9 Å². The molecule has 0 bridgehead atoms. The number of carbonyl (C=O) groups is 1. The Labute approximate surface area is 167 Å². The molecule has 0 saturated carbocycles. The third-order valence-corrected chi connectivity index (χ3v) is 5.42. The van der Waals surface area contributed by atoms with E-state index < -0.39 is 0 Å². The van der Waals surface area contributed by atoms with Crippen molar-refractivity contribution in [3.63, 3.8) is 0 Å². The van der Waals surface area contributed by atoms with E-state index in [0.29, 0.717) is 25.3 Å². The predicted octanol–water partition coefficient (Wildman–Crippen LogP) is 3.18. The zero-order valence-electron chi connectivity index (χ0n) is 16.1. The van der Waals surface area contributed by atoms with Gasteiger partial charge < -0.3 is 14.2 Å². The second kappa shape index (κ2) is 7.18. The van der Waals surface area contributed by atoms with Crippen LogP contribution < -0.4 is 0 Å². The minimum absolute atomic E-state index is 0.00520. The number of benzene rings is 1. The fraction of sp³-hybridized carbons (Fsp3) is 0.227. The number of H-pyrrole nitrogens is 1. The lowest BCUT2D eigenvalue weighted by molar-refractivity contribution is -0.00259. The van der Waals surface area contributed by atoms with Crippen molar-refractivity contribution in [1.82, 2.24) is 24.6 Å². The van der Waals surface area contributed by atoms with Crippen LogP contribution >= 0.6 is 0 Å². The minimum atomic E-state index is -0.0918. The number of fused-ring (bicyclic) bond motifs is 1. The molecule has 0 radical (unpaired) electrons. The molecule has 5 rings (SSSR count). The number of carbonyl (C=O) groups excluding carboxylic acids is 1. The molecule has 1 amide bonds. The number of amides is 1. The van der Waals surface area contributed by atoms with Crippen LogP contribution in [0.25, 0.3) is 22.3 Å². The van der Waals surface area contributed by atoms with Crippen molar-refractivity contribution < 1.29 is 9.53 Å². The van der Waals surface area contributed by atoms with Crippen molar-refractivity contribution in [3.8, 4) is 11.3 Å². The summed E-state index contributed by atoms with van der Waals surface area (Å²) < 4.78 is 7.59. The van der Waals surface area contributed by atoms with Gasteiger partial charge in [0.2, 0.25) is 0 Å². The first-order valence-corrected chi connectivity index (χ1v) is 9.61. The van der Waals surface area contributed by atoms with E-state index in [9.17, 15) is 4.79 Å². The van der Waals surface area contributed by atoms with Gasteiger partial charge in [0.05, 0.1) is 36.7 Å². The Balaban J connectivity index is 1.53. The number of aromatic nitrogens is 4. The molecule has 0 unspecified atom stereocenters. The van der Waals surface area contributed by atoms with Gasteiger partial charge in [0, 0.05) is 36.9 Å². The smallest absolute Gasteiger partial charge is 0.256 e. The molecule has 3 aromatic heterocycles. The van der Waals surface area contributed by atoms with Gasteiger partial charge in [-0.1, -0.05) is 30.3 Å². The van der Waals surface area contributed by atoms with Crippen LogP contribution in [0.4, 0.5) is 0 Å². The molecule has 1 atom stereocenters. The van der Waals surface area contributed by atoms with Gasteiger partial charge >= 0.3 is 0 Å². The Morgan fingerprint density at radius 1 is 1.21 bits per heavy atom. The van der Waals surface area contributed by atoms with Crippen LogP contribution in [0.3, 0.4) is 0 Å². The molecule has 4 aromatic rings. The van der Waals surface area contributed by atoms with E-state index in [2.05, 4.69) is 10.2 Å². The topological polar surface area (TPSA) is 76.0 Å². The zero-order chi connectivity index (χ0) is 19.8. The molecular weight excluding hydrogens is 366 g/mol. The average molecular weight is 387 g/mol. The fourth-order valence-electron chi connectivity index (χ4n) is 3.93. The zero-order valence-corrected chi connectivity index (χ0v) is 16.1. The number of hydrogen-bond acceptors (Lipinski definition) is 4. The number of ether oxygens (including phenoxy) is 1. The third-order valence-electron chi connectivity index (χ3n) is 5.42. The van der Waals surface area contributed by atoms with E-state index in [1.807, 2.05) is 65.2 Å². The highest BCUT2D eigenvalue weighted by Gasteiger charge is 2.31. The van der Waals surface area contributed by atoms with Gasteiger partial charge in [0.1, 0.15) is 5.65 Å². The quantitative estimate of drug-likeness (QED) is 0.586. The van der Waals surface area contributed by atoms with E-state index in [1.54, 1.807) is 12.4 Å². The Hall–Kier alpha value is -3.45. The lowest BCUT2D eigenvalue weighted by atomic mass is 10.0. The van der Waals surface area contributed by atoms with Gasteiger partial charge in [-0.15, -0.1) is 0 Å². The van der Waals surface area contributed by atoms with Crippen LogP contribution in [0, 0.1) is 0 Å². The van der Waals surface area contributed by atoms with Gasteiger partial charge in [-0.05, 0) is 17.7 Å². The van der Waals surface area contributed by atoms with Crippen molar-refractivity contribution in [3.05, 3.63) is 72.2 Å². The minimum Gasteiger partial charge on any atom is -0.377 e. The highest BCUT2D eigenvalue weighted by Crippen LogP contribution is 2.29. The summed E-state index contributed by atoms with van der Waals surface area (Å²) in [7, 11) is 1.92. The number of nitrogens with one attached hydrogen (secondary N) is 1. The predicted molar refractivity (Wildman–Crippen MR) is 109 cm³/mol. The van der Waals surface area contributed by atoms with Crippen molar-refractivity contribution in [2.24, 2.45) is 7.05 Å². The highest BCUT2D eigenvalue weighted by atomic mass is 16.5. The normalized spacial score (nSPS) is 17.0. The molecule has 1 aliphatic heterocycles. The largest absolute Gasteiger partial charge is 0.377 e. The molecule has 1 fully saturated rings. The molecule has 7 nitrogen and oxygen atoms in total. The highest BCUT2D eigenvalue weighted by molar-refractivity contribution is 6.06. The molecule has 1 N–H and O–H groups in total. The van der Waals surface area contributed by atoms with E-state index in [4.69, 9.17) is 9.72 Å². The molecule has 1 saturated heterocycles. The number of hydrogen-bond donors (Lipinski definition) is 1. The van der Waals surface area contributed by atoms with E-state index in [-0.39, 0.29) is 11.9 Å². The summed E-state index contributed by atoms with van der Waals surface area (Å²) in [4.78, 5) is 20.2. The third kappa shape index (κ3) is 3.09. The van der Waals surface area contributed by atoms with E-state index in [1.165, 1.54) is 0 Å². The summed E-state index contributed by atoms with van der Waals surface area (Å²) in [5.74, 6) is 0.00520. The molecule has 29 heavy (non-hydrogen) atoms. The Bertz CT molecular complexity index is 1150. The Kier molecular flexibility index (Phi) is 4.37. The summed E-state index contributed by atoms with van der Waals surface area (Å²) in [5.41, 5.74) is 4.26. The summed E-state index contributed by atoms with van der Waals surface area (Å²) in [6, 6.07) is 13.9. The Morgan fingerprint density at radius 3 is 2.86 bits per heavy atom. The van der Waals surface area contributed by atoms with Crippen LogP contribution in [0.5, 0.6) is 0 Å². The standard InChI is InChI=1S/C22H21N5O2/c1-26-13-18(17-7-8-19(25-21(17)26)16-11-23-24-12-16)22(28)27-9-10-29-14-20(27)15-5-3-2-4-6-15/h2-8,11-13,20H,9-10,14H2,1H3,(H,23,24)/t20-/m1/s1. The van der Waals surface area contributed by atoms with E-state index >= 15 is 0 Å². The van der Waals surface area contributed by atoms with Crippen LogP contribution in [-0.2, 0) is 11.8 Å². The van der Waals surface area contributed by atoms with Crippen molar-refractivity contribution in [1.29, 1.82) is 0 Å². The number of aryl methyl sites for hydroxylation is 1. The maximum absolute atomic E-state index is 13.5. The first kappa shape index (κ1) is 17.6. The summed E-state index contributed by atoms with van der Waals surface area (Å²) in [6.45, 7) is 1.61. The monoisotopic (exact) mass is 387 g/mol. The molecule has 4 heterocycles. The number of morpholine rings is 1. The molecule has 1 aromatic carbocycles. The van der Waals surface area contributed by atoms with Gasteiger partial charge in [0.15, 0.2) is 0 Å². The fourth-order valence-corrected chi connectivity index (χ4v) is 3.93. The van der Waals surface area contributed by atoms with Gasteiger partial charge in [-0.25, -0.2) is 4.98 Å². The van der Waals surface area contributed by atoms with Crippen molar-refractivity contribution >= 4 is 16.9 Å². The SMILES string of the molecule is Cn1cc(C(=O)N2CCOC[C@@H]2c2ccccc2)c2ccc(-c3cn[nH]c3)nc21. The number of rotatable bonds is 3. The van der Waals surface area contributed by atoms with Gasteiger partial charge in [-0.2, -0.15) is 5.10 Å². The molecule has 0 spiro atoms. The lowest BCUT2D eigenvalue weighted by Crippen LogP contribution is -2.43. The second-order valence-electron chi connectivity index (χ2n) is 7.21. The van der Waals surface area contributed by atoms with Crippen molar-refractivity contribution in [2.45, 2.75) is 6.04 Å². The summed E-state index contributed by atoms with van der Waals surface area (Å²) in [6.07, 6.45) is 5.42. The summed E-state index contributed by atoms with van der Waals surface area (Å²) in [5, 5.41) is 7.65. The first-order valence-electron chi connectivity index (χ1n) is 9.61. The molecule has 146 valence electrons. The maximum Gasteiger partial charge on any atom is 0.256 e. The average Bonchev–Trinajstić information content (AvgIpc) is 3.42. The molecule has 1 aliphatic rings. The molecule has 7 heteroatoms. The molecule has 0 aliphatic carbocycles. The van der Waals surface area contributed by atoms with Crippen LogP contribution in [0.15, 0.2) is 61.1 Å². The van der Waals surface area contributed by atoms with Crippen LogP contribution in [-0.4, -0.2) is 50.3 Å².